The molecular formula is C33H37ClFN5O5Si. The average Bonchev–Trinajstić information content (AvgIpc) is 3.66. The Hall–Kier alpha value is -3.84. The Balaban J connectivity index is 1.31. The average molecular weight is 666 g/mol. The lowest BCUT2D eigenvalue weighted by Gasteiger charge is -2.31. The number of hydrogen-bond acceptors (Lipinski definition) is 7. The molecule has 0 unspecified atom stereocenters. The van der Waals surface area contributed by atoms with E-state index in [0.717, 1.165) is 5.56 Å². The van der Waals surface area contributed by atoms with Gasteiger partial charge in [-0.2, -0.15) is 0 Å². The fourth-order valence-corrected chi connectivity index (χ4v) is 9.87. The summed E-state index contributed by atoms with van der Waals surface area (Å²) in [6, 6.07) is 16.1. The molecule has 0 bridgehead atoms. The number of benzene rings is 2. The van der Waals surface area contributed by atoms with Gasteiger partial charge in [0.1, 0.15) is 0 Å². The van der Waals surface area contributed by atoms with Crippen LogP contribution in [0.4, 0.5) is 9.80 Å². The Labute approximate surface area is 272 Å². The highest BCUT2D eigenvalue weighted by molar-refractivity contribution is 6.72. The molecule has 6 rings (SSSR count). The van der Waals surface area contributed by atoms with Crippen molar-refractivity contribution < 1.29 is 23.5 Å². The number of hydrogen-bond donors (Lipinski definition) is 1. The largest absolute Gasteiger partial charge is 0.491 e. The minimum absolute atomic E-state index is 0.0266. The van der Waals surface area contributed by atoms with Gasteiger partial charge in [-0.15, -0.1) is 5.10 Å². The van der Waals surface area contributed by atoms with Crippen molar-refractivity contribution in [2.24, 2.45) is 5.92 Å². The number of pyridine rings is 1. The first kappa shape index (κ1) is 32.1. The highest BCUT2D eigenvalue weighted by Gasteiger charge is 2.66. The van der Waals surface area contributed by atoms with Gasteiger partial charge in [0.05, 0.1) is 31.1 Å². The van der Waals surface area contributed by atoms with Crippen LogP contribution in [0.1, 0.15) is 30.2 Å². The lowest BCUT2D eigenvalue weighted by atomic mass is 9.82. The van der Waals surface area contributed by atoms with Crippen LogP contribution in [0.3, 0.4) is 0 Å². The first-order valence-electron chi connectivity index (χ1n) is 15.3. The van der Waals surface area contributed by atoms with Crippen molar-refractivity contribution in [3.63, 3.8) is 0 Å². The molecule has 1 spiro atoms. The van der Waals surface area contributed by atoms with Gasteiger partial charge in [0.25, 0.3) is 11.5 Å². The number of anilines is 1. The van der Waals surface area contributed by atoms with Gasteiger partial charge in [0, 0.05) is 59.7 Å². The summed E-state index contributed by atoms with van der Waals surface area (Å²) in [6.45, 7) is 5.90. The summed E-state index contributed by atoms with van der Waals surface area (Å²) >= 11 is 6.51. The van der Waals surface area contributed by atoms with Gasteiger partial charge in [-0.3, -0.25) is 18.8 Å². The number of carbonyl (C=O) groups excluding carboxylic acids is 1. The molecule has 2 aliphatic rings. The summed E-state index contributed by atoms with van der Waals surface area (Å²) in [4.78, 5) is 29.1. The molecular weight excluding hydrogens is 629 g/mol. The van der Waals surface area contributed by atoms with Gasteiger partial charge in [-0.25, -0.2) is 0 Å². The molecule has 4 heterocycles. The Morgan fingerprint density at radius 1 is 1.15 bits per heavy atom. The number of aliphatic hydroxyl groups excluding tert-OH is 1. The van der Waals surface area contributed by atoms with E-state index in [1.807, 2.05) is 37.3 Å². The van der Waals surface area contributed by atoms with Crippen LogP contribution in [0, 0.1) is 5.92 Å². The number of ether oxygens (including phenoxy) is 2. The predicted molar refractivity (Wildman–Crippen MR) is 175 cm³/mol. The summed E-state index contributed by atoms with van der Waals surface area (Å²) in [7, 11) is -1.89. The number of aromatic nitrogens is 4. The van der Waals surface area contributed by atoms with Crippen molar-refractivity contribution in [1.82, 2.24) is 19.6 Å². The second-order valence-electron chi connectivity index (χ2n) is 12.5. The van der Waals surface area contributed by atoms with E-state index in [0.29, 0.717) is 47.0 Å². The van der Waals surface area contributed by atoms with Crippen molar-refractivity contribution in [3.8, 4) is 11.4 Å². The zero-order valence-corrected chi connectivity index (χ0v) is 27.9. The van der Waals surface area contributed by atoms with Gasteiger partial charge in [0.15, 0.2) is 11.4 Å². The van der Waals surface area contributed by atoms with Crippen LogP contribution in [0.25, 0.3) is 5.69 Å². The molecule has 1 N–H and O–H groups in total. The summed E-state index contributed by atoms with van der Waals surface area (Å²) in [5, 5.41) is 17.9. The van der Waals surface area contributed by atoms with Crippen LogP contribution < -0.4 is 15.2 Å². The zero-order valence-electron chi connectivity index (χ0n) is 26.2. The van der Waals surface area contributed by atoms with Crippen LogP contribution >= 0.6 is 11.6 Å². The number of methoxy groups -OCH3 is 1. The predicted octanol–water partition coefficient (Wildman–Crippen LogP) is 5.04. The molecule has 4 atom stereocenters. The minimum Gasteiger partial charge on any atom is -0.491 e. The van der Waals surface area contributed by atoms with E-state index in [1.54, 1.807) is 59.3 Å². The fraction of sp³-hybridized carbons (Fsp3) is 0.394. The van der Waals surface area contributed by atoms with E-state index in [-0.39, 0.29) is 30.4 Å². The smallest absolute Gasteiger partial charge is 0.297 e. The molecule has 2 aromatic heterocycles. The second kappa shape index (κ2) is 12.4. The van der Waals surface area contributed by atoms with E-state index >= 15 is 4.11 Å². The molecule has 13 heteroatoms. The number of carbonyl (C=O) groups is 1. The monoisotopic (exact) mass is 665 g/mol. The van der Waals surface area contributed by atoms with Crippen molar-refractivity contribution in [3.05, 3.63) is 99.2 Å². The number of rotatable bonds is 10. The van der Waals surface area contributed by atoms with E-state index in [4.69, 9.17) is 21.1 Å². The third-order valence-corrected chi connectivity index (χ3v) is 11.9. The van der Waals surface area contributed by atoms with E-state index in [9.17, 15) is 14.7 Å². The lowest BCUT2D eigenvalue weighted by molar-refractivity contribution is -0.146. The van der Waals surface area contributed by atoms with Gasteiger partial charge in [0.2, 0.25) is 8.41 Å². The SMILES string of the molecule is COc1cccn(-c2ccc(CN3C(=O)[C@]4(O[C@H](CCn5cc(CCO)nn5)[C@@H]([Si](C)(C)F)[C@@H]4C)c4cc(Cl)ccc43)cc2)c1=O. The van der Waals surface area contributed by atoms with Crippen LogP contribution in [0.15, 0.2) is 71.8 Å². The van der Waals surface area contributed by atoms with E-state index in [2.05, 4.69) is 10.3 Å². The number of halogens is 2. The van der Waals surface area contributed by atoms with E-state index < -0.39 is 31.6 Å². The summed E-state index contributed by atoms with van der Waals surface area (Å²) in [5.74, 6) is -0.464. The molecule has 2 aliphatic heterocycles. The molecule has 2 aromatic carbocycles. The molecule has 4 aromatic rings. The number of aliphatic hydroxyl groups is 1. The lowest BCUT2D eigenvalue weighted by Crippen LogP contribution is -2.45. The van der Waals surface area contributed by atoms with Crippen LogP contribution in [-0.2, 0) is 34.6 Å². The molecule has 242 valence electrons. The van der Waals surface area contributed by atoms with Gasteiger partial charge >= 0.3 is 0 Å². The first-order valence-corrected chi connectivity index (χ1v) is 18.6. The summed E-state index contributed by atoms with van der Waals surface area (Å²) < 4.78 is 31.3. The minimum atomic E-state index is -3.34. The molecule has 0 aliphatic carbocycles. The van der Waals surface area contributed by atoms with Crippen molar-refractivity contribution in [2.45, 2.75) is 63.2 Å². The van der Waals surface area contributed by atoms with Gasteiger partial charge < -0.3 is 23.6 Å². The quantitative estimate of drug-likeness (QED) is 0.187. The van der Waals surface area contributed by atoms with Gasteiger partial charge in [-0.05, 0) is 67.5 Å². The van der Waals surface area contributed by atoms with Gasteiger partial charge in [-0.1, -0.05) is 35.9 Å². The Morgan fingerprint density at radius 2 is 1.91 bits per heavy atom. The Bertz CT molecular complexity index is 1810. The first-order chi connectivity index (χ1) is 22.0. The molecule has 1 saturated heterocycles. The third-order valence-electron chi connectivity index (χ3n) is 9.21. The topological polar surface area (TPSA) is 112 Å². The maximum absolute atomic E-state index is 16.2. The Morgan fingerprint density at radius 3 is 2.61 bits per heavy atom. The van der Waals surface area contributed by atoms with Crippen LogP contribution in [0.2, 0.25) is 23.7 Å². The summed E-state index contributed by atoms with van der Waals surface area (Å²) in [6.07, 6.45) is 3.74. The maximum atomic E-state index is 16.2. The number of amides is 1. The molecule has 46 heavy (non-hydrogen) atoms. The van der Waals surface area contributed by atoms with Crippen molar-refractivity contribution in [1.29, 1.82) is 0 Å². The second-order valence-corrected chi connectivity index (χ2v) is 16.7. The van der Waals surface area contributed by atoms with Crippen LogP contribution in [0.5, 0.6) is 5.75 Å². The van der Waals surface area contributed by atoms with E-state index in [1.165, 1.54) is 11.7 Å². The number of fused-ring (bicyclic) bond motifs is 2. The maximum Gasteiger partial charge on any atom is 0.297 e. The Kier molecular flexibility index (Phi) is 8.66. The molecule has 0 radical (unpaired) electrons. The third kappa shape index (κ3) is 5.57. The molecule has 0 saturated carbocycles. The molecule has 1 amide bonds. The van der Waals surface area contributed by atoms with Crippen molar-refractivity contribution in [2.75, 3.05) is 18.6 Å². The number of aryl methyl sites for hydroxylation is 1. The standard InChI is InChI=1S/C33H37ClFN5O5Si/c1-21-30(46(3,4)35)28(13-16-38-20-24(14-17-41)36-37-38)45-33(21)26-18-23(34)9-12-27(26)40(32(33)43)19-22-7-10-25(11-8-22)39-15-5-6-29(44-2)31(39)42/h5-12,15,18,20-21,28,30,41H,13-14,16-17,19H2,1-4H3/t21-,28+,30-,33+/m0/s1. The zero-order chi connectivity index (χ0) is 32.8. The number of nitrogens with zero attached hydrogens (tertiary/aromatic N) is 5. The fourth-order valence-electron chi connectivity index (χ4n) is 7.16. The summed E-state index contributed by atoms with van der Waals surface area (Å²) in [5.41, 5.74) is 1.36. The highest BCUT2D eigenvalue weighted by Crippen LogP contribution is 2.60. The molecule has 10 nitrogen and oxygen atoms in total. The highest BCUT2D eigenvalue weighted by atomic mass is 35.5. The van der Waals surface area contributed by atoms with Crippen LogP contribution in [-0.4, -0.2) is 58.8 Å². The van der Waals surface area contributed by atoms with Crippen molar-refractivity contribution >= 4 is 31.6 Å². The normalized spacial score (nSPS) is 22.5. The molecule has 1 fully saturated rings.